The topological polar surface area (TPSA) is 49.1 Å². The third-order valence-corrected chi connectivity index (χ3v) is 2.66. The van der Waals surface area contributed by atoms with E-state index in [-0.39, 0.29) is 0 Å². The molecule has 90 valence electrons. The molecule has 1 aromatic rings. The Hall–Kier alpha value is -1.32. The van der Waals surface area contributed by atoms with Gasteiger partial charge in [0.2, 0.25) is 6.20 Å². The monoisotopic (exact) mass is 224 g/mol. The summed E-state index contributed by atoms with van der Waals surface area (Å²) >= 11 is 0. The van der Waals surface area contributed by atoms with E-state index in [4.69, 9.17) is 4.74 Å². The summed E-state index contributed by atoms with van der Waals surface area (Å²) in [7, 11) is 0. The van der Waals surface area contributed by atoms with Crippen molar-refractivity contribution in [1.29, 1.82) is 0 Å². The molecule has 0 aliphatic heterocycles. The summed E-state index contributed by atoms with van der Waals surface area (Å²) < 4.78 is 5.50. The van der Waals surface area contributed by atoms with Gasteiger partial charge in [-0.2, -0.15) is 0 Å². The normalized spacial score (nSPS) is 12.4. The maximum atomic E-state index is 10.9. The van der Waals surface area contributed by atoms with Crippen LogP contribution in [-0.2, 0) is 0 Å². The fourth-order valence-electron chi connectivity index (χ4n) is 1.54. The van der Waals surface area contributed by atoms with Crippen molar-refractivity contribution in [3.8, 4) is 5.88 Å². The Kier molecular flexibility index (Phi) is 5.61. The summed E-state index contributed by atoms with van der Waals surface area (Å²) in [5.74, 6) is 0.967. The first kappa shape index (κ1) is 12.7. The lowest BCUT2D eigenvalue weighted by atomic mass is 10.0. The van der Waals surface area contributed by atoms with Crippen LogP contribution in [0.25, 0.3) is 0 Å². The molecule has 1 heterocycles. The Morgan fingerprint density at radius 1 is 1.50 bits per heavy atom. The molecule has 0 radical (unpaired) electrons. The lowest BCUT2D eigenvalue weighted by Gasteiger charge is -2.14. The number of ether oxygens (including phenoxy) is 1. The van der Waals surface area contributed by atoms with Gasteiger partial charge in [0.1, 0.15) is 0 Å². The second kappa shape index (κ2) is 7.04. The number of rotatable bonds is 7. The molecule has 1 aromatic heterocycles. The van der Waals surface area contributed by atoms with E-state index < -0.39 is 0 Å². The Bertz CT molecular complexity index is 305. The molecule has 0 amide bonds. The third-order valence-electron chi connectivity index (χ3n) is 2.66. The second-order valence-corrected chi connectivity index (χ2v) is 3.98. The van der Waals surface area contributed by atoms with E-state index >= 15 is 0 Å². The number of unbranched alkanes of at least 4 members (excludes halogenated alkanes) is 1. The molecule has 0 N–H and O–H groups in total. The molecule has 0 aliphatic carbocycles. The van der Waals surface area contributed by atoms with E-state index in [9.17, 15) is 5.21 Å². The summed E-state index contributed by atoms with van der Waals surface area (Å²) in [6, 6.07) is 3.35. The molecule has 0 aliphatic rings. The van der Waals surface area contributed by atoms with Gasteiger partial charge in [0.25, 0.3) is 5.88 Å². The van der Waals surface area contributed by atoms with E-state index in [0.717, 1.165) is 6.42 Å². The van der Waals surface area contributed by atoms with Gasteiger partial charge in [-0.15, -0.1) is 0 Å². The fraction of sp³-hybridized carbons (Fsp3) is 0.667. The molecule has 4 heteroatoms. The van der Waals surface area contributed by atoms with Crippen LogP contribution in [0.15, 0.2) is 18.3 Å². The number of aromatic nitrogens is 2. The SMILES string of the molecule is CCCCC(CC)COc1ccc[n+]([O-])n1. The zero-order valence-electron chi connectivity index (χ0n) is 10.1. The largest absolute Gasteiger partial charge is 0.594 e. The van der Waals surface area contributed by atoms with E-state index in [2.05, 4.69) is 18.9 Å². The zero-order chi connectivity index (χ0) is 11.8. The van der Waals surface area contributed by atoms with Gasteiger partial charge in [-0.05, 0) is 12.3 Å². The molecule has 0 saturated carbocycles. The molecule has 0 aromatic carbocycles. The van der Waals surface area contributed by atoms with Crippen LogP contribution in [0.3, 0.4) is 0 Å². The third kappa shape index (κ3) is 4.47. The van der Waals surface area contributed by atoms with Crippen LogP contribution < -0.4 is 9.58 Å². The van der Waals surface area contributed by atoms with Gasteiger partial charge in [0.15, 0.2) is 0 Å². The standard InChI is InChI=1S/C12H20N2O2/c1-3-5-7-11(4-2)10-16-12-8-6-9-14(15)13-12/h6,8-9,11H,3-5,7,10H2,1-2H3. The van der Waals surface area contributed by atoms with E-state index in [1.807, 2.05) is 0 Å². The minimum absolute atomic E-state index is 0.410. The van der Waals surface area contributed by atoms with Crippen molar-refractivity contribution in [2.24, 2.45) is 5.92 Å². The summed E-state index contributed by atoms with van der Waals surface area (Å²) in [6.07, 6.45) is 6.06. The minimum Gasteiger partial charge on any atom is -0.594 e. The minimum atomic E-state index is 0.410. The van der Waals surface area contributed by atoms with Crippen molar-refractivity contribution < 1.29 is 9.58 Å². The van der Waals surface area contributed by atoms with Crippen LogP contribution in [0.5, 0.6) is 5.88 Å². The highest BCUT2D eigenvalue weighted by Crippen LogP contribution is 2.14. The van der Waals surface area contributed by atoms with Crippen LogP contribution >= 0.6 is 0 Å². The van der Waals surface area contributed by atoms with Gasteiger partial charge in [-0.25, -0.2) is 0 Å². The van der Waals surface area contributed by atoms with Gasteiger partial charge in [-0.1, -0.05) is 38.0 Å². The highest BCUT2D eigenvalue weighted by Gasteiger charge is 2.08. The summed E-state index contributed by atoms with van der Waals surface area (Å²) in [5.41, 5.74) is 0. The molecule has 16 heavy (non-hydrogen) atoms. The summed E-state index contributed by atoms with van der Waals surface area (Å²) in [6.45, 7) is 5.00. The fourth-order valence-corrected chi connectivity index (χ4v) is 1.54. The molecule has 1 unspecified atom stereocenters. The zero-order valence-corrected chi connectivity index (χ0v) is 10.1. The summed E-state index contributed by atoms with van der Waals surface area (Å²) in [4.78, 5) is 0.516. The second-order valence-electron chi connectivity index (χ2n) is 3.98. The van der Waals surface area contributed by atoms with Crippen molar-refractivity contribution in [3.63, 3.8) is 0 Å². The molecule has 4 nitrogen and oxygen atoms in total. The van der Waals surface area contributed by atoms with E-state index in [1.165, 1.54) is 25.5 Å². The molecule has 0 saturated heterocycles. The lowest BCUT2D eigenvalue weighted by Crippen LogP contribution is -2.30. The van der Waals surface area contributed by atoms with Crippen LogP contribution in [0.4, 0.5) is 0 Å². The van der Waals surface area contributed by atoms with Crippen molar-refractivity contribution >= 4 is 0 Å². The highest BCUT2D eigenvalue weighted by atomic mass is 16.5. The molecule has 1 rings (SSSR count). The Balaban J connectivity index is 2.37. The predicted octanol–water partition coefficient (Wildman–Crippen LogP) is 2.31. The van der Waals surface area contributed by atoms with Crippen molar-refractivity contribution in [2.45, 2.75) is 39.5 Å². The molecule has 0 fully saturated rings. The first-order valence-corrected chi connectivity index (χ1v) is 5.95. The molecular formula is C12H20N2O2. The first-order chi connectivity index (χ1) is 7.76. The van der Waals surface area contributed by atoms with Crippen LogP contribution in [0, 0.1) is 11.1 Å². The number of hydrogen-bond donors (Lipinski definition) is 0. The average molecular weight is 224 g/mol. The number of nitrogens with zero attached hydrogens (tertiary/aromatic N) is 2. The highest BCUT2D eigenvalue weighted by molar-refractivity contribution is 5.03. The van der Waals surface area contributed by atoms with Crippen molar-refractivity contribution in [2.75, 3.05) is 6.61 Å². The maximum absolute atomic E-state index is 10.9. The van der Waals surface area contributed by atoms with Gasteiger partial charge < -0.3 is 9.94 Å². The van der Waals surface area contributed by atoms with E-state index in [0.29, 0.717) is 23.2 Å². The molecule has 1 atom stereocenters. The van der Waals surface area contributed by atoms with Crippen LogP contribution in [0.1, 0.15) is 39.5 Å². The quantitative estimate of drug-likeness (QED) is 0.527. The Labute approximate surface area is 96.8 Å². The smallest absolute Gasteiger partial charge is 0.280 e. The Morgan fingerprint density at radius 3 is 2.94 bits per heavy atom. The summed E-state index contributed by atoms with van der Waals surface area (Å²) in [5, 5.41) is 14.6. The lowest BCUT2D eigenvalue weighted by molar-refractivity contribution is -0.669. The van der Waals surface area contributed by atoms with E-state index in [1.54, 1.807) is 12.1 Å². The van der Waals surface area contributed by atoms with Gasteiger partial charge in [-0.3, -0.25) is 0 Å². The first-order valence-electron chi connectivity index (χ1n) is 5.95. The van der Waals surface area contributed by atoms with Gasteiger partial charge in [0, 0.05) is 12.1 Å². The van der Waals surface area contributed by atoms with Crippen molar-refractivity contribution in [1.82, 2.24) is 5.10 Å². The van der Waals surface area contributed by atoms with Gasteiger partial charge in [0.05, 0.1) is 11.7 Å². The van der Waals surface area contributed by atoms with Gasteiger partial charge >= 0.3 is 0 Å². The molecular weight excluding hydrogens is 204 g/mol. The van der Waals surface area contributed by atoms with Crippen molar-refractivity contribution in [3.05, 3.63) is 23.5 Å². The Morgan fingerprint density at radius 2 is 2.31 bits per heavy atom. The van der Waals surface area contributed by atoms with Crippen LogP contribution in [-0.4, -0.2) is 11.7 Å². The molecule has 0 bridgehead atoms. The average Bonchev–Trinajstić information content (AvgIpc) is 2.29. The molecule has 0 spiro atoms. The van der Waals surface area contributed by atoms with Crippen LogP contribution in [0.2, 0.25) is 0 Å². The number of hydrogen-bond acceptors (Lipinski definition) is 3. The maximum Gasteiger partial charge on any atom is 0.280 e. The predicted molar refractivity (Wildman–Crippen MR) is 62.0 cm³/mol.